The molecule has 4 heteroatoms. The van der Waals surface area contributed by atoms with Gasteiger partial charge in [0.05, 0.1) is 0 Å². The summed E-state index contributed by atoms with van der Waals surface area (Å²) in [4.78, 5) is 22.4. The Balaban J connectivity index is 1.88. The normalized spacial score (nSPS) is 19.3. The van der Waals surface area contributed by atoms with Crippen molar-refractivity contribution in [2.75, 3.05) is 0 Å². The number of nitrogens with one attached hydrogen (secondary N) is 1. The lowest BCUT2D eigenvalue weighted by atomic mass is 9.82. The lowest BCUT2D eigenvalue weighted by Crippen LogP contribution is -2.39. The number of rotatable bonds is 4. The monoisotopic (exact) mass is 261 g/mol. The van der Waals surface area contributed by atoms with Gasteiger partial charge >= 0.3 is 5.97 Å². The van der Waals surface area contributed by atoms with E-state index in [0.29, 0.717) is 12.3 Å². The molecule has 0 fully saturated rings. The number of carboxylic acids is 1. The zero-order chi connectivity index (χ0) is 13.8. The first-order valence-electron chi connectivity index (χ1n) is 6.65. The maximum Gasteiger partial charge on any atom is 0.325 e. The van der Waals surface area contributed by atoms with Gasteiger partial charge in [0.1, 0.15) is 6.04 Å². The van der Waals surface area contributed by atoms with Crippen LogP contribution in [0.25, 0.3) is 0 Å². The smallest absolute Gasteiger partial charge is 0.325 e. The molecule has 4 nitrogen and oxygen atoms in total. The highest BCUT2D eigenvalue weighted by Gasteiger charge is 2.22. The summed E-state index contributed by atoms with van der Waals surface area (Å²) < 4.78 is 0. The molecule has 0 saturated heterocycles. The zero-order valence-corrected chi connectivity index (χ0v) is 11.1. The molecule has 0 bridgehead atoms. The number of aliphatic carboxylic acids is 1. The van der Waals surface area contributed by atoms with Crippen molar-refractivity contribution in [1.82, 2.24) is 5.32 Å². The number of benzene rings is 1. The van der Waals surface area contributed by atoms with Crippen molar-refractivity contribution in [3.05, 3.63) is 35.4 Å². The average molecular weight is 261 g/mol. The van der Waals surface area contributed by atoms with E-state index in [1.54, 1.807) is 0 Å². The lowest BCUT2D eigenvalue weighted by Gasteiger charge is -2.24. The largest absolute Gasteiger partial charge is 0.480 e. The molecule has 102 valence electrons. The molecule has 0 aliphatic heterocycles. The Morgan fingerprint density at radius 3 is 2.74 bits per heavy atom. The number of carboxylic acid groups (broad SMARTS) is 1. The first-order valence-corrected chi connectivity index (χ1v) is 6.65. The van der Waals surface area contributed by atoms with E-state index >= 15 is 0 Å². The highest BCUT2D eigenvalue weighted by molar-refractivity contribution is 5.83. The fraction of sp³-hybridized carbons (Fsp3) is 0.467. The molecule has 1 aliphatic rings. The molecular weight excluding hydrogens is 242 g/mol. The summed E-state index contributed by atoms with van der Waals surface area (Å²) in [5, 5.41) is 11.3. The summed E-state index contributed by atoms with van der Waals surface area (Å²) in [7, 11) is 0. The second-order valence-corrected chi connectivity index (χ2v) is 5.21. The van der Waals surface area contributed by atoms with Crippen molar-refractivity contribution in [1.29, 1.82) is 0 Å². The van der Waals surface area contributed by atoms with Crippen molar-refractivity contribution in [2.45, 2.75) is 38.6 Å². The van der Waals surface area contributed by atoms with Gasteiger partial charge in [-0.3, -0.25) is 9.59 Å². The van der Waals surface area contributed by atoms with Crippen LogP contribution in [0.4, 0.5) is 0 Å². The van der Waals surface area contributed by atoms with E-state index in [4.69, 9.17) is 5.11 Å². The third-order valence-corrected chi connectivity index (χ3v) is 3.67. The van der Waals surface area contributed by atoms with E-state index < -0.39 is 12.0 Å². The number of aryl methyl sites for hydroxylation is 1. The molecule has 1 aliphatic carbocycles. The van der Waals surface area contributed by atoms with Gasteiger partial charge < -0.3 is 10.4 Å². The van der Waals surface area contributed by atoms with Gasteiger partial charge in [-0.2, -0.15) is 0 Å². The van der Waals surface area contributed by atoms with Crippen LogP contribution < -0.4 is 5.32 Å². The van der Waals surface area contributed by atoms with Crippen molar-refractivity contribution in [3.8, 4) is 0 Å². The summed E-state index contributed by atoms with van der Waals surface area (Å²) in [6.07, 6.45) is 3.31. The average Bonchev–Trinajstić information content (AvgIpc) is 2.38. The van der Waals surface area contributed by atoms with Crippen molar-refractivity contribution >= 4 is 11.9 Å². The van der Waals surface area contributed by atoms with Crippen molar-refractivity contribution < 1.29 is 14.7 Å². The third kappa shape index (κ3) is 3.56. The van der Waals surface area contributed by atoms with Crippen LogP contribution in [-0.4, -0.2) is 23.0 Å². The molecule has 19 heavy (non-hydrogen) atoms. The minimum Gasteiger partial charge on any atom is -0.480 e. The Labute approximate surface area is 112 Å². The molecule has 0 spiro atoms. The van der Waals surface area contributed by atoms with Gasteiger partial charge in [-0.15, -0.1) is 0 Å². The molecule has 0 radical (unpaired) electrons. The van der Waals surface area contributed by atoms with E-state index in [9.17, 15) is 9.59 Å². The number of carbonyl (C=O) groups is 2. The summed E-state index contributed by atoms with van der Waals surface area (Å²) in [6.45, 7) is 1.48. The molecule has 1 aromatic carbocycles. The second-order valence-electron chi connectivity index (χ2n) is 5.21. The number of hydrogen-bond acceptors (Lipinski definition) is 2. The standard InChI is InChI=1S/C15H19NO3/c1-10(15(18)19)16-14(17)9-11-6-7-12-4-2-3-5-13(12)8-11/h2-5,10-11H,6-9H2,1H3,(H,16,17)(H,18,19). The summed E-state index contributed by atoms with van der Waals surface area (Å²) in [5.74, 6) is -0.850. The fourth-order valence-electron chi connectivity index (χ4n) is 2.57. The molecule has 1 amide bonds. The molecule has 2 unspecified atom stereocenters. The Hall–Kier alpha value is -1.84. The molecule has 1 aromatic rings. The molecule has 2 atom stereocenters. The van der Waals surface area contributed by atoms with Gasteiger partial charge in [0.25, 0.3) is 0 Å². The zero-order valence-electron chi connectivity index (χ0n) is 11.1. The Bertz CT molecular complexity index is 484. The number of carbonyl (C=O) groups excluding carboxylic acids is 1. The lowest BCUT2D eigenvalue weighted by molar-refractivity contribution is -0.141. The topological polar surface area (TPSA) is 66.4 Å². The third-order valence-electron chi connectivity index (χ3n) is 3.67. The Morgan fingerprint density at radius 2 is 2.05 bits per heavy atom. The van der Waals surface area contributed by atoms with Crippen LogP contribution in [0.2, 0.25) is 0 Å². The summed E-state index contributed by atoms with van der Waals surface area (Å²) in [5.41, 5.74) is 2.69. The minimum atomic E-state index is -0.998. The molecule has 0 heterocycles. The highest BCUT2D eigenvalue weighted by Crippen LogP contribution is 2.27. The van der Waals surface area contributed by atoms with Crippen LogP contribution in [-0.2, 0) is 22.4 Å². The SMILES string of the molecule is CC(NC(=O)CC1CCc2ccccc2C1)C(=O)O. The first-order chi connectivity index (χ1) is 9.06. The fourth-order valence-corrected chi connectivity index (χ4v) is 2.57. The van der Waals surface area contributed by atoms with Crippen LogP contribution in [0.5, 0.6) is 0 Å². The summed E-state index contributed by atoms with van der Waals surface area (Å²) in [6, 6.07) is 7.49. The second kappa shape index (κ2) is 5.87. The van der Waals surface area contributed by atoms with E-state index in [2.05, 4.69) is 17.4 Å². The Kier molecular flexibility index (Phi) is 4.20. The van der Waals surface area contributed by atoms with Crippen LogP contribution in [0.3, 0.4) is 0 Å². The quantitative estimate of drug-likeness (QED) is 0.868. The molecular formula is C15H19NO3. The predicted octanol–water partition coefficient (Wildman–Crippen LogP) is 1.77. The Morgan fingerprint density at radius 1 is 1.37 bits per heavy atom. The maximum atomic E-state index is 11.8. The number of hydrogen-bond donors (Lipinski definition) is 2. The van der Waals surface area contributed by atoms with Crippen LogP contribution >= 0.6 is 0 Å². The predicted molar refractivity (Wildman–Crippen MR) is 71.8 cm³/mol. The van der Waals surface area contributed by atoms with Gasteiger partial charge in [0.15, 0.2) is 0 Å². The van der Waals surface area contributed by atoms with Crippen LogP contribution in [0, 0.1) is 5.92 Å². The van der Waals surface area contributed by atoms with Crippen LogP contribution in [0.15, 0.2) is 24.3 Å². The van der Waals surface area contributed by atoms with E-state index in [0.717, 1.165) is 19.3 Å². The van der Waals surface area contributed by atoms with Crippen LogP contribution in [0.1, 0.15) is 30.9 Å². The number of amides is 1. The molecule has 2 N–H and O–H groups in total. The highest BCUT2D eigenvalue weighted by atomic mass is 16.4. The molecule has 0 saturated carbocycles. The maximum absolute atomic E-state index is 11.8. The van der Waals surface area contributed by atoms with Crippen molar-refractivity contribution in [2.24, 2.45) is 5.92 Å². The van der Waals surface area contributed by atoms with Crippen molar-refractivity contribution in [3.63, 3.8) is 0 Å². The van der Waals surface area contributed by atoms with E-state index in [1.807, 2.05) is 12.1 Å². The van der Waals surface area contributed by atoms with Gasteiger partial charge in [0, 0.05) is 6.42 Å². The van der Waals surface area contributed by atoms with Gasteiger partial charge in [-0.05, 0) is 43.2 Å². The molecule has 0 aromatic heterocycles. The number of fused-ring (bicyclic) bond motifs is 1. The van der Waals surface area contributed by atoms with Gasteiger partial charge in [-0.25, -0.2) is 0 Å². The van der Waals surface area contributed by atoms with Gasteiger partial charge in [0.2, 0.25) is 5.91 Å². The first kappa shape index (κ1) is 13.6. The summed E-state index contributed by atoms with van der Waals surface area (Å²) >= 11 is 0. The van der Waals surface area contributed by atoms with Gasteiger partial charge in [-0.1, -0.05) is 24.3 Å². The van der Waals surface area contributed by atoms with E-state index in [1.165, 1.54) is 18.1 Å². The minimum absolute atomic E-state index is 0.167. The van der Waals surface area contributed by atoms with E-state index in [-0.39, 0.29) is 5.91 Å². The molecule has 2 rings (SSSR count).